The Morgan fingerprint density at radius 2 is 2.04 bits per heavy atom. The Bertz CT molecular complexity index is 781. The van der Waals surface area contributed by atoms with Gasteiger partial charge in [0.1, 0.15) is 6.10 Å². The van der Waals surface area contributed by atoms with Crippen LogP contribution in [0.4, 0.5) is 4.79 Å². The van der Waals surface area contributed by atoms with Gasteiger partial charge in [-0.15, -0.1) is 0 Å². The first kappa shape index (κ1) is 18.3. The molecule has 0 unspecified atom stereocenters. The van der Waals surface area contributed by atoms with Crippen LogP contribution in [0.25, 0.3) is 0 Å². The third-order valence-corrected chi connectivity index (χ3v) is 4.63. The fourth-order valence-electron chi connectivity index (χ4n) is 2.57. The molecule has 0 spiro atoms. The Morgan fingerprint density at radius 1 is 1.27 bits per heavy atom. The van der Waals surface area contributed by atoms with Crippen molar-refractivity contribution < 1.29 is 19.0 Å². The highest BCUT2D eigenvalue weighted by Gasteiger charge is 2.32. The minimum atomic E-state index is -0.125. The zero-order chi connectivity index (χ0) is 18.5. The van der Waals surface area contributed by atoms with E-state index < -0.39 is 0 Å². The smallest absolute Gasteiger partial charge is 0.317 e. The van der Waals surface area contributed by atoms with Crippen molar-refractivity contribution in [1.82, 2.24) is 15.2 Å². The monoisotopic (exact) mass is 421 g/mol. The standard InChI is InChI=1S/C18H20BrN3O4/c1-24-15-6-5-12(8-16(15)25-2)9-21-18(23)22-10-13(11-22)26-17-14(19)4-3-7-20-17/h3-8,13H,9-11H2,1-2H3,(H,21,23). The molecule has 1 fully saturated rings. The third kappa shape index (κ3) is 4.19. The van der Waals surface area contributed by atoms with Gasteiger partial charge in [-0.05, 0) is 45.8 Å². The van der Waals surface area contributed by atoms with Crippen molar-refractivity contribution in [2.75, 3.05) is 27.3 Å². The van der Waals surface area contributed by atoms with Gasteiger partial charge in [0.15, 0.2) is 11.5 Å². The van der Waals surface area contributed by atoms with E-state index in [0.717, 1.165) is 10.0 Å². The van der Waals surface area contributed by atoms with Crippen LogP contribution in [0.1, 0.15) is 5.56 Å². The molecule has 1 aliphatic heterocycles. The number of aromatic nitrogens is 1. The summed E-state index contributed by atoms with van der Waals surface area (Å²) in [5.41, 5.74) is 0.932. The van der Waals surface area contributed by atoms with E-state index in [1.165, 1.54) is 0 Å². The van der Waals surface area contributed by atoms with Crippen molar-refractivity contribution in [3.8, 4) is 17.4 Å². The molecule has 138 valence electrons. The third-order valence-electron chi connectivity index (χ3n) is 4.03. The molecule has 1 saturated heterocycles. The lowest BCUT2D eigenvalue weighted by Crippen LogP contribution is -2.58. The molecule has 2 heterocycles. The van der Waals surface area contributed by atoms with E-state index in [0.29, 0.717) is 37.0 Å². The molecule has 1 aromatic carbocycles. The maximum absolute atomic E-state index is 12.2. The Hall–Kier alpha value is -2.48. The second-order valence-corrected chi connectivity index (χ2v) is 6.64. The molecule has 0 radical (unpaired) electrons. The predicted molar refractivity (Wildman–Crippen MR) is 99.7 cm³/mol. The maximum Gasteiger partial charge on any atom is 0.317 e. The summed E-state index contributed by atoms with van der Waals surface area (Å²) in [5, 5.41) is 2.90. The van der Waals surface area contributed by atoms with Crippen molar-refractivity contribution >= 4 is 22.0 Å². The van der Waals surface area contributed by atoms with Crippen molar-refractivity contribution in [1.29, 1.82) is 0 Å². The fraction of sp³-hybridized carbons (Fsp3) is 0.333. The molecule has 3 rings (SSSR count). The van der Waals surface area contributed by atoms with E-state index in [-0.39, 0.29) is 12.1 Å². The predicted octanol–water partition coefficient (Wildman–Crippen LogP) is 2.83. The molecule has 7 nitrogen and oxygen atoms in total. The van der Waals surface area contributed by atoms with Gasteiger partial charge in [0.25, 0.3) is 0 Å². The summed E-state index contributed by atoms with van der Waals surface area (Å²) in [6, 6.07) is 9.13. The van der Waals surface area contributed by atoms with Crippen LogP contribution in [-0.2, 0) is 6.54 Å². The van der Waals surface area contributed by atoms with Gasteiger partial charge in [-0.2, -0.15) is 0 Å². The average Bonchev–Trinajstić information content (AvgIpc) is 2.63. The second kappa shape index (κ2) is 8.27. The van der Waals surface area contributed by atoms with Crippen molar-refractivity contribution in [2.45, 2.75) is 12.6 Å². The Morgan fingerprint density at radius 3 is 2.73 bits per heavy atom. The number of hydrogen-bond acceptors (Lipinski definition) is 5. The van der Waals surface area contributed by atoms with Crippen LogP contribution in [0, 0.1) is 0 Å². The number of pyridine rings is 1. The molecule has 26 heavy (non-hydrogen) atoms. The molecule has 2 amide bonds. The van der Waals surface area contributed by atoms with Gasteiger partial charge in [0.05, 0.1) is 31.8 Å². The van der Waals surface area contributed by atoms with Gasteiger partial charge in [0.2, 0.25) is 5.88 Å². The van der Waals surface area contributed by atoms with Gasteiger partial charge in [-0.25, -0.2) is 9.78 Å². The van der Waals surface area contributed by atoms with E-state index in [2.05, 4.69) is 26.2 Å². The molecular weight excluding hydrogens is 402 g/mol. The largest absolute Gasteiger partial charge is 0.493 e. The number of nitrogens with zero attached hydrogens (tertiary/aromatic N) is 2. The zero-order valence-corrected chi connectivity index (χ0v) is 16.2. The number of likely N-dealkylation sites (tertiary alicyclic amines) is 1. The number of methoxy groups -OCH3 is 2. The van der Waals surface area contributed by atoms with Gasteiger partial charge in [-0.1, -0.05) is 6.07 Å². The number of halogens is 1. The molecule has 2 aromatic rings. The number of urea groups is 1. The van der Waals surface area contributed by atoms with Gasteiger partial charge < -0.3 is 24.4 Å². The summed E-state index contributed by atoms with van der Waals surface area (Å²) < 4.78 is 17.0. The molecule has 1 N–H and O–H groups in total. The van der Waals surface area contributed by atoms with E-state index in [1.54, 1.807) is 25.3 Å². The maximum atomic E-state index is 12.2. The average molecular weight is 422 g/mol. The van der Waals surface area contributed by atoms with Crippen LogP contribution in [0.5, 0.6) is 17.4 Å². The highest BCUT2D eigenvalue weighted by molar-refractivity contribution is 9.10. The highest BCUT2D eigenvalue weighted by Crippen LogP contribution is 2.27. The zero-order valence-electron chi connectivity index (χ0n) is 14.6. The number of nitrogens with one attached hydrogen (secondary N) is 1. The summed E-state index contributed by atoms with van der Waals surface area (Å²) >= 11 is 3.40. The quantitative estimate of drug-likeness (QED) is 0.775. The summed E-state index contributed by atoms with van der Waals surface area (Å²) in [6.07, 6.45) is 1.62. The summed E-state index contributed by atoms with van der Waals surface area (Å²) in [4.78, 5) is 18.1. The van der Waals surface area contributed by atoms with E-state index >= 15 is 0 Å². The molecule has 0 atom stereocenters. The molecule has 8 heteroatoms. The van der Waals surface area contributed by atoms with Crippen LogP contribution in [0.3, 0.4) is 0 Å². The number of ether oxygens (including phenoxy) is 3. The normalized spacial score (nSPS) is 13.7. The lowest BCUT2D eigenvalue weighted by Gasteiger charge is -2.38. The molecular formula is C18H20BrN3O4. The Balaban J connectivity index is 1.46. The summed E-state index contributed by atoms with van der Waals surface area (Å²) in [7, 11) is 3.17. The summed E-state index contributed by atoms with van der Waals surface area (Å²) in [5.74, 6) is 1.84. The van der Waals surface area contributed by atoms with Crippen LogP contribution in [0.2, 0.25) is 0 Å². The van der Waals surface area contributed by atoms with Crippen LogP contribution < -0.4 is 19.5 Å². The number of benzene rings is 1. The van der Waals surface area contributed by atoms with Crippen molar-refractivity contribution in [3.63, 3.8) is 0 Å². The summed E-state index contributed by atoms with van der Waals surface area (Å²) in [6.45, 7) is 1.47. The second-order valence-electron chi connectivity index (χ2n) is 5.78. The first-order valence-electron chi connectivity index (χ1n) is 8.11. The number of carbonyl (C=O) groups excluding carboxylic acids is 1. The Kier molecular flexibility index (Phi) is 5.82. The Labute approximate surface area is 160 Å². The fourth-order valence-corrected chi connectivity index (χ4v) is 2.92. The minimum absolute atomic E-state index is 0.0481. The van der Waals surface area contributed by atoms with E-state index in [9.17, 15) is 4.79 Å². The highest BCUT2D eigenvalue weighted by atomic mass is 79.9. The molecule has 1 aromatic heterocycles. The van der Waals surface area contributed by atoms with Crippen LogP contribution in [-0.4, -0.2) is 49.3 Å². The molecule has 0 bridgehead atoms. The molecule has 0 saturated carbocycles. The molecule has 0 aliphatic carbocycles. The lowest BCUT2D eigenvalue weighted by atomic mass is 10.1. The van der Waals surface area contributed by atoms with E-state index in [4.69, 9.17) is 14.2 Å². The van der Waals surface area contributed by atoms with Gasteiger partial charge in [0, 0.05) is 12.7 Å². The first-order chi connectivity index (χ1) is 12.6. The number of hydrogen-bond donors (Lipinski definition) is 1. The number of carbonyl (C=O) groups is 1. The van der Waals surface area contributed by atoms with E-state index in [1.807, 2.05) is 30.3 Å². The number of rotatable bonds is 6. The number of amides is 2. The topological polar surface area (TPSA) is 72.9 Å². The molecule has 1 aliphatic rings. The van der Waals surface area contributed by atoms with Gasteiger partial charge >= 0.3 is 6.03 Å². The van der Waals surface area contributed by atoms with Crippen LogP contribution in [0.15, 0.2) is 41.0 Å². The van der Waals surface area contributed by atoms with Crippen LogP contribution >= 0.6 is 15.9 Å². The van der Waals surface area contributed by atoms with Gasteiger partial charge in [-0.3, -0.25) is 0 Å². The minimum Gasteiger partial charge on any atom is -0.493 e. The lowest BCUT2D eigenvalue weighted by molar-refractivity contribution is 0.0407. The van der Waals surface area contributed by atoms with Crippen molar-refractivity contribution in [3.05, 3.63) is 46.6 Å². The first-order valence-corrected chi connectivity index (χ1v) is 8.91. The van der Waals surface area contributed by atoms with Crippen molar-refractivity contribution in [2.24, 2.45) is 0 Å². The SMILES string of the molecule is COc1ccc(CNC(=O)N2CC(Oc3ncccc3Br)C2)cc1OC.